The van der Waals surface area contributed by atoms with Crippen molar-refractivity contribution in [2.45, 2.75) is 6.61 Å². The summed E-state index contributed by atoms with van der Waals surface area (Å²) in [4.78, 5) is 0. The van der Waals surface area contributed by atoms with Crippen LogP contribution >= 0.6 is 0 Å². The molecule has 0 saturated carbocycles. The van der Waals surface area contributed by atoms with E-state index in [1.54, 1.807) is 37.4 Å². The first-order valence-corrected chi connectivity index (χ1v) is 5.78. The molecule has 0 unspecified atom stereocenters. The highest BCUT2D eigenvalue weighted by Crippen LogP contribution is 2.29. The molecular formula is C15H14N2O2. The molecule has 0 amide bonds. The molecule has 0 radical (unpaired) electrons. The van der Waals surface area contributed by atoms with Crippen LogP contribution in [0, 0.1) is 11.3 Å². The molecule has 0 aliphatic rings. The van der Waals surface area contributed by atoms with Gasteiger partial charge in [-0.3, -0.25) is 0 Å². The Bertz CT molecular complexity index is 618. The van der Waals surface area contributed by atoms with Gasteiger partial charge in [0.05, 0.1) is 18.7 Å². The minimum atomic E-state index is 0.371. The summed E-state index contributed by atoms with van der Waals surface area (Å²) >= 11 is 0. The molecule has 4 heteroatoms. The maximum atomic E-state index is 8.84. The lowest BCUT2D eigenvalue weighted by atomic mass is 10.1. The summed E-state index contributed by atoms with van der Waals surface area (Å²) in [6.45, 7) is 0.371. The van der Waals surface area contributed by atoms with Crippen LogP contribution in [0.15, 0.2) is 42.5 Å². The quantitative estimate of drug-likeness (QED) is 0.852. The zero-order valence-corrected chi connectivity index (χ0v) is 10.6. The zero-order valence-electron chi connectivity index (χ0n) is 10.6. The standard InChI is InChI=1S/C15H14N2O2/c1-18-15-8-13(17)5-6-14(15)19-10-12-4-2-3-11(7-12)9-16/h2-8H,10,17H2,1H3. The zero-order chi connectivity index (χ0) is 13.7. The van der Waals surface area contributed by atoms with Gasteiger partial charge in [0.25, 0.3) is 0 Å². The van der Waals surface area contributed by atoms with Gasteiger partial charge in [-0.15, -0.1) is 0 Å². The first-order chi connectivity index (χ1) is 9.22. The van der Waals surface area contributed by atoms with Gasteiger partial charge in [-0.05, 0) is 29.8 Å². The lowest BCUT2D eigenvalue weighted by molar-refractivity contribution is 0.284. The number of anilines is 1. The number of nitriles is 1. The third kappa shape index (κ3) is 3.17. The van der Waals surface area contributed by atoms with E-state index in [1.807, 2.05) is 12.1 Å². The molecule has 0 fully saturated rings. The van der Waals surface area contributed by atoms with Gasteiger partial charge in [-0.25, -0.2) is 0 Å². The Morgan fingerprint density at radius 1 is 1.16 bits per heavy atom. The molecule has 0 aromatic heterocycles. The van der Waals surface area contributed by atoms with E-state index in [0.717, 1.165) is 5.56 Å². The van der Waals surface area contributed by atoms with Gasteiger partial charge in [0.1, 0.15) is 6.61 Å². The third-order valence-electron chi connectivity index (χ3n) is 2.64. The van der Waals surface area contributed by atoms with Crippen LogP contribution in [0.5, 0.6) is 11.5 Å². The average Bonchev–Trinajstić information content (AvgIpc) is 2.46. The van der Waals surface area contributed by atoms with Crippen molar-refractivity contribution in [3.63, 3.8) is 0 Å². The van der Waals surface area contributed by atoms with E-state index in [9.17, 15) is 0 Å². The lowest BCUT2D eigenvalue weighted by Crippen LogP contribution is -1.98. The summed E-state index contributed by atoms with van der Waals surface area (Å²) in [7, 11) is 1.57. The molecule has 4 nitrogen and oxygen atoms in total. The summed E-state index contributed by atoms with van der Waals surface area (Å²) < 4.78 is 10.9. The molecule has 96 valence electrons. The van der Waals surface area contributed by atoms with Crippen LogP contribution in [0.4, 0.5) is 5.69 Å². The second-order valence-corrected chi connectivity index (χ2v) is 4.01. The molecule has 2 N–H and O–H groups in total. The van der Waals surface area contributed by atoms with Crippen molar-refractivity contribution in [1.82, 2.24) is 0 Å². The summed E-state index contributed by atoms with van der Waals surface area (Å²) in [6, 6.07) is 14.6. The Morgan fingerprint density at radius 2 is 2.00 bits per heavy atom. The van der Waals surface area contributed by atoms with Crippen LogP contribution in [0.25, 0.3) is 0 Å². The first-order valence-electron chi connectivity index (χ1n) is 5.78. The largest absolute Gasteiger partial charge is 0.493 e. The molecule has 2 aromatic rings. The molecule has 0 bridgehead atoms. The number of ether oxygens (including phenoxy) is 2. The van der Waals surface area contributed by atoms with Crippen molar-refractivity contribution >= 4 is 5.69 Å². The Hall–Kier alpha value is -2.67. The van der Waals surface area contributed by atoms with E-state index in [0.29, 0.717) is 29.4 Å². The lowest BCUT2D eigenvalue weighted by Gasteiger charge is -2.11. The fraction of sp³-hybridized carbons (Fsp3) is 0.133. The van der Waals surface area contributed by atoms with E-state index < -0.39 is 0 Å². The van der Waals surface area contributed by atoms with Gasteiger partial charge >= 0.3 is 0 Å². The van der Waals surface area contributed by atoms with Gasteiger partial charge in [0.15, 0.2) is 11.5 Å². The summed E-state index contributed by atoms with van der Waals surface area (Å²) in [5.41, 5.74) is 7.84. The van der Waals surface area contributed by atoms with Crippen molar-refractivity contribution in [3.05, 3.63) is 53.6 Å². The molecule has 0 heterocycles. The van der Waals surface area contributed by atoms with E-state index in [-0.39, 0.29) is 0 Å². The van der Waals surface area contributed by atoms with Crippen molar-refractivity contribution in [3.8, 4) is 17.6 Å². The number of nitrogens with two attached hydrogens (primary N) is 1. The Labute approximate surface area is 112 Å². The summed E-state index contributed by atoms with van der Waals surface area (Å²) in [5, 5.41) is 8.84. The van der Waals surface area contributed by atoms with Gasteiger partial charge in [-0.2, -0.15) is 5.26 Å². The SMILES string of the molecule is COc1cc(N)ccc1OCc1cccc(C#N)c1. The van der Waals surface area contributed by atoms with Crippen molar-refractivity contribution < 1.29 is 9.47 Å². The second-order valence-electron chi connectivity index (χ2n) is 4.01. The average molecular weight is 254 g/mol. The van der Waals surface area contributed by atoms with E-state index in [1.165, 1.54) is 0 Å². The maximum absolute atomic E-state index is 8.84. The fourth-order valence-electron chi connectivity index (χ4n) is 1.70. The minimum Gasteiger partial charge on any atom is -0.493 e. The first kappa shape index (κ1) is 12.8. The van der Waals surface area contributed by atoms with Crippen molar-refractivity contribution in [2.75, 3.05) is 12.8 Å². The van der Waals surface area contributed by atoms with Crippen LogP contribution < -0.4 is 15.2 Å². The van der Waals surface area contributed by atoms with E-state index in [4.69, 9.17) is 20.5 Å². The van der Waals surface area contributed by atoms with E-state index >= 15 is 0 Å². The van der Waals surface area contributed by atoms with Crippen molar-refractivity contribution in [2.24, 2.45) is 0 Å². The Morgan fingerprint density at radius 3 is 2.74 bits per heavy atom. The highest BCUT2D eigenvalue weighted by molar-refractivity contribution is 5.52. The normalized spacial score (nSPS) is 9.68. The van der Waals surface area contributed by atoms with Gasteiger partial charge < -0.3 is 15.2 Å². The molecule has 0 saturated heterocycles. The molecule has 0 atom stereocenters. The van der Waals surface area contributed by atoms with Gasteiger partial charge in [0, 0.05) is 11.8 Å². The highest BCUT2D eigenvalue weighted by atomic mass is 16.5. The van der Waals surface area contributed by atoms with Gasteiger partial charge in [0.2, 0.25) is 0 Å². The van der Waals surface area contributed by atoms with Crippen LogP contribution in [0.1, 0.15) is 11.1 Å². The summed E-state index contributed by atoms with van der Waals surface area (Å²) in [6.07, 6.45) is 0. The maximum Gasteiger partial charge on any atom is 0.162 e. The highest BCUT2D eigenvalue weighted by Gasteiger charge is 2.05. The number of benzene rings is 2. The molecule has 19 heavy (non-hydrogen) atoms. The third-order valence-corrected chi connectivity index (χ3v) is 2.64. The molecule has 2 rings (SSSR count). The number of hydrogen-bond acceptors (Lipinski definition) is 4. The predicted molar refractivity (Wildman–Crippen MR) is 72.9 cm³/mol. The van der Waals surface area contributed by atoms with Crippen LogP contribution in [-0.4, -0.2) is 7.11 Å². The Kier molecular flexibility index (Phi) is 3.89. The molecule has 2 aromatic carbocycles. The number of nitrogens with zero attached hydrogens (tertiary/aromatic N) is 1. The van der Waals surface area contributed by atoms with Crippen LogP contribution in [-0.2, 0) is 6.61 Å². The monoisotopic (exact) mass is 254 g/mol. The number of rotatable bonds is 4. The molecule has 0 aliphatic heterocycles. The number of nitrogen functional groups attached to an aromatic ring is 1. The molecule has 0 spiro atoms. The number of methoxy groups -OCH3 is 1. The Balaban J connectivity index is 2.12. The van der Waals surface area contributed by atoms with E-state index in [2.05, 4.69) is 6.07 Å². The number of hydrogen-bond donors (Lipinski definition) is 1. The smallest absolute Gasteiger partial charge is 0.162 e. The summed E-state index contributed by atoms with van der Waals surface area (Å²) in [5.74, 6) is 1.22. The topological polar surface area (TPSA) is 68.3 Å². The predicted octanol–water partition coefficient (Wildman–Crippen LogP) is 2.73. The van der Waals surface area contributed by atoms with Crippen LogP contribution in [0.2, 0.25) is 0 Å². The van der Waals surface area contributed by atoms with Gasteiger partial charge in [-0.1, -0.05) is 12.1 Å². The molecular weight excluding hydrogens is 240 g/mol. The minimum absolute atomic E-state index is 0.371. The fourth-order valence-corrected chi connectivity index (χ4v) is 1.70. The molecule has 0 aliphatic carbocycles. The second kappa shape index (κ2) is 5.78. The van der Waals surface area contributed by atoms with Crippen LogP contribution in [0.3, 0.4) is 0 Å². The van der Waals surface area contributed by atoms with Crippen molar-refractivity contribution in [1.29, 1.82) is 5.26 Å².